The predicted molar refractivity (Wildman–Crippen MR) is 227 cm³/mol. The van der Waals surface area contributed by atoms with Gasteiger partial charge in [-0.1, -0.05) is 133 Å². The molecule has 2 heterocycles. The Kier molecular flexibility index (Phi) is 6.76. The largest absolute Gasteiger partial charge is 0.454 e. The zero-order valence-corrected chi connectivity index (χ0v) is 29.5. The summed E-state index contributed by atoms with van der Waals surface area (Å²) in [7, 11) is 0. The highest BCUT2D eigenvalue weighted by molar-refractivity contribution is 7.25. The van der Waals surface area contributed by atoms with E-state index >= 15 is 0 Å². The molecule has 0 aliphatic rings. The highest BCUT2D eigenvalue weighted by Gasteiger charge is 2.22. The normalized spacial score (nSPS) is 11.8. The predicted octanol–water partition coefficient (Wildman–Crippen LogP) is 15.1. The van der Waals surface area contributed by atoms with Gasteiger partial charge in [0.05, 0.1) is 5.69 Å². The molecule has 2 nitrogen and oxygen atoms in total. The van der Waals surface area contributed by atoms with Crippen LogP contribution in [0.2, 0.25) is 0 Å². The highest BCUT2D eigenvalue weighted by atomic mass is 32.1. The first kappa shape index (κ1) is 30.0. The van der Waals surface area contributed by atoms with E-state index in [-0.39, 0.29) is 0 Å². The van der Waals surface area contributed by atoms with Crippen molar-refractivity contribution >= 4 is 92.1 Å². The molecular formula is C50H31NOS. The van der Waals surface area contributed by atoms with Gasteiger partial charge in [-0.05, 0) is 98.4 Å². The molecule has 0 fully saturated rings. The molecule has 0 N–H and O–H groups in total. The molecule has 248 valence electrons. The Morgan fingerprint density at radius 2 is 1.09 bits per heavy atom. The standard InChI is InChI=1S/C50H31NOS/c1-2-10-33(11-3-1)41-15-9-18-46-49(41)43-16-8-17-45(50(43)52-46)51(38-27-29-48-44(31-38)42-14-6-7-19-47(42)53-48)37-25-22-32(23-26-37)35-24-28-40-36(30-35)21-20-34-12-4-5-13-39(34)40/h1-31H. The molecule has 0 saturated carbocycles. The number of anilines is 3. The van der Waals surface area contributed by atoms with Gasteiger partial charge in [0.1, 0.15) is 5.58 Å². The molecule has 0 atom stereocenters. The molecule has 2 aromatic heterocycles. The quantitative estimate of drug-likeness (QED) is 0.167. The second-order valence-corrected chi connectivity index (χ2v) is 14.8. The topological polar surface area (TPSA) is 16.4 Å². The van der Waals surface area contributed by atoms with Gasteiger partial charge in [0.2, 0.25) is 0 Å². The van der Waals surface area contributed by atoms with Crippen molar-refractivity contribution in [1.82, 2.24) is 0 Å². The highest BCUT2D eigenvalue weighted by Crippen LogP contribution is 2.46. The fourth-order valence-electron chi connectivity index (χ4n) is 8.14. The molecule has 0 amide bonds. The molecule has 0 radical (unpaired) electrons. The summed E-state index contributed by atoms with van der Waals surface area (Å²) in [5.41, 5.74) is 9.63. The minimum Gasteiger partial charge on any atom is -0.454 e. The smallest absolute Gasteiger partial charge is 0.159 e. The van der Waals surface area contributed by atoms with E-state index in [0.29, 0.717) is 0 Å². The van der Waals surface area contributed by atoms with Crippen LogP contribution >= 0.6 is 11.3 Å². The maximum Gasteiger partial charge on any atom is 0.159 e. The van der Waals surface area contributed by atoms with Crippen molar-refractivity contribution < 1.29 is 4.42 Å². The van der Waals surface area contributed by atoms with E-state index in [1.54, 1.807) is 0 Å². The van der Waals surface area contributed by atoms with Crippen LogP contribution < -0.4 is 4.90 Å². The number of rotatable bonds is 5. The molecule has 0 spiro atoms. The number of furan rings is 1. The molecule has 0 bridgehead atoms. The van der Waals surface area contributed by atoms with E-state index in [4.69, 9.17) is 4.42 Å². The lowest BCUT2D eigenvalue weighted by molar-refractivity contribution is 0.669. The Balaban J connectivity index is 1.09. The van der Waals surface area contributed by atoms with Gasteiger partial charge in [-0.2, -0.15) is 0 Å². The van der Waals surface area contributed by atoms with E-state index < -0.39 is 0 Å². The van der Waals surface area contributed by atoms with Gasteiger partial charge in [-0.15, -0.1) is 11.3 Å². The fourth-order valence-corrected chi connectivity index (χ4v) is 9.23. The van der Waals surface area contributed by atoms with Crippen LogP contribution in [0.3, 0.4) is 0 Å². The van der Waals surface area contributed by atoms with Crippen molar-refractivity contribution in [3.05, 3.63) is 188 Å². The summed E-state index contributed by atoms with van der Waals surface area (Å²) < 4.78 is 9.42. The first-order chi connectivity index (χ1) is 26.3. The summed E-state index contributed by atoms with van der Waals surface area (Å²) in [6.45, 7) is 0. The number of fused-ring (bicyclic) bond motifs is 9. The number of thiophene rings is 1. The summed E-state index contributed by atoms with van der Waals surface area (Å²) in [4.78, 5) is 2.36. The number of para-hydroxylation sites is 1. The van der Waals surface area contributed by atoms with Crippen molar-refractivity contribution in [2.24, 2.45) is 0 Å². The molecule has 0 saturated heterocycles. The summed E-state index contributed by atoms with van der Waals surface area (Å²) in [5.74, 6) is 0. The van der Waals surface area contributed by atoms with Gasteiger partial charge in [0, 0.05) is 42.3 Å². The van der Waals surface area contributed by atoms with Crippen LogP contribution in [0.15, 0.2) is 192 Å². The van der Waals surface area contributed by atoms with Crippen molar-refractivity contribution in [2.75, 3.05) is 4.90 Å². The lowest BCUT2D eigenvalue weighted by atomic mass is 9.97. The molecule has 53 heavy (non-hydrogen) atoms. The number of benzene rings is 9. The monoisotopic (exact) mass is 693 g/mol. The van der Waals surface area contributed by atoms with Gasteiger partial charge >= 0.3 is 0 Å². The number of nitrogens with zero attached hydrogens (tertiary/aromatic N) is 1. The summed E-state index contributed by atoms with van der Waals surface area (Å²) in [6.07, 6.45) is 0. The van der Waals surface area contributed by atoms with E-state index in [0.717, 1.165) is 39.0 Å². The van der Waals surface area contributed by atoms with Crippen LogP contribution in [0.1, 0.15) is 0 Å². The Bertz CT molecular complexity index is 3170. The van der Waals surface area contributed by atoms with E-state index in [1.807, 2.05) is 11.3 Å². The molecule has 11 rings (SSSR count). The lowest BCUT2D eigenvalue weighted by Crippen LogP contribution is -2.10. The molecular weight excluding hydrogens is 663 g/mol. The molecule has 0 aliphatic carbocycles. The average Bonchev–Trinajstić information content (AvgIpc) is 3.80. The van der Waals surface area contributed by atoms with Crippen molar-refractivity contribution in [2.45, 2.75) is 0 Å². The fraction of sp³-hybridized carbons (Fsp3) is 0. The first-order valence-corrected chi connectivity index (χ1v) is 18.8. The van der Waals surface area contributed by atoms with Gasteiger partial charge in [0.25, 0.3) is 0 Å². The van der Waals surface area contributed by atoms with Crippen LogP contribution in [-0.4, -0.2) is 0 Å². The summed E-state index contributed by atoms with van der Waals surface area (Å²) >= 11 is 1.84. The van der Waals surface area contributed by atoms with E-state index in [1.165, 1.54) is 64.0 Å². The average molecular weight is 694 g/mol. The third-order valence-corrected chi connectivity index (χ3v) is 11.8. The third-order valence-electron chi connectivity index (χ3n) is 10.6. The van der Waals surface area contributed by atoms with Crippen LogP contribution in [0, 0.1) is 0 Å². The maximum atomic E-state index is 6.84. The van der Waals surface area contributed by atoms with E-state index in [9.17, 15) is 0 Å². The molecule has 0 aliphatic heterocycles. The molecule has 9 aromatic carbocycles. The van der Waals surface area contributed by atoms with Gasteiger partial charge < -0.3 is 9.32 Å². The van der Waals surface area contributed by atoms with Crippen LogP contribution in [0.5, 0.6) is 0 Å². The van der Waals surface area contributed by atoms with Gasteiger partial charge in [-0.25, -0.2) is 0 Å². The Morgan fingerprint density at radius 1 is 0.396 bits per heavy atom. The van der Waals surface area contributed by atoms with Gasteiger partial charge in [-0.3, -0.25) is 0 Å². The van der Waals surface area contributed by atoms with Crippen LogP contribution in [0.25, 0.3) is 85.9 Å². The SMILES string of the molecule is c1ccc(-c2cccc3oc4c(N(c5ccc(-c6ccc7c(ccc8ccccc87)c6)cc5)c5ccc6sc7ccccc7c6c5)cccc4c23)cc1. The summed E-state index contributed by atoms with van der Waals surface area (Å²) in [5, 5.41) is 9.85. The minimum absolute atomic E-state index is 0.868. The van der Waals surface area contributed by atoms with Crippen LogP contribution in [0.4, 0.5) is 17.1 Å². The zero-order chi connectivity index (χ0) is 34.9. The van der Waals surface area contributed by atoms with E-state index in [2.05, 4.69) is 193 Å². The lowest BCUT2D eigenvalue weighted by Gasteiger charge is -2.26. The van der Waals surface area contributed by atoms with Crippen molar-refractivity contribution in [1.29, 1.82) is 0 Å². The molecule has 11 aromatic rings. The number of hydrogen-bond acceptors (Lipinski definition) is 3. The third kappa shape index (κ3) is 4.86. The molecule has 3 heteroatoms. The Morgan fingerprint density at radius 3 is 2.00 bits per heavy atom. The second kappa shape index (κ2) is 11.9. The maximum absolute atomic E-state index is 6.84. The van der Waals surface area contributed by atoms with Crippen LogP contribution in [-0.2, 0) is 0 Å². The number of hydrogen-bond donors (Lipinski definition) is 0. The minimum atomic E-state index is 0.868. The Hall–Kier alpha value is -6.68. The van der Waals surface area contributed by atoms with Crippen molar-refractivity contribution in [3.8, 4) is 22.3 Å². The Labute approximate surface area is 310 Å². The second-order valence-electron chi connectivity index (χ2n) is 13.7. The zero-order valence-electron chi connectivity index (χ0n) is 28.7. The molecule has 0 unspecified atom stereocenters. The first-order valence-electron chi connectivity index (χ1n) is 18.0. The van der Waals surface area contributed by atoms with Crippen molar-refractivity contribution in [3.63, 3.8) is 0 Å². The summed E-state index contributed by atoms with van der Waals surface area (Å²) in [6, 6.07) is 67.9. The van der Waals surface area contributed by atoms with Gasteiger partial charge in [0.15, 0.2) is 5.58 Å².